The summed E-state index contributed by atoms with van der Waals surface area (Å²) in [7, 11) is 1.86. The number of rotatable bonds is 2. The summed E-state index contributed by atoms with van der Waals surface area (Å²) in [6.07, 6.45) is 6.27. The van der Waals surface area contributed by atoms with E-state index in [2.05, 4.69) is 30.2 Å². The fourth-order valence-corrected chi connectivity index (χ4v) is 3.18. The van der Waals surface area contributed by atoms with Crippen molar-refractivity contribution in [1.29, 1.82) is 0 Å². The molecule has 1 saturated heterocycles. The number of H-pyrrole nitrogens is 1. The molecule has 0 spiro atoms. The van der Waals surface area contributed by atoms with Crippen LogP contribution in [0, 0.1) is 0 Å². The zero-order valence-corrected chi connectivity index (χ0v) is 12.3. The standard InChI is InChI=1S/C14H17N7O/c1-20-11(2-5-18-20)14(22)3-6-21(7-4-14)13-10-8-17-19-12(10)15-9-16-13/h2,5,8-9,22H,3-4,6-7H2,1H3,(H,15,16,17,19). The van der Waals surface area contributed by atoms with Gasteiger partial charge in [0, 0.05) is 26.3 Å². The van der Waals surface area contributed by atoms with Crippen LogP contribution in [0.3, 0.4) is 0 Å². The number of anilines is 1. The van der Waals surface area contributed by atoms with E-state index < -0.39 is 5.60 Å². The molecule has 3 aromatic heterocycles. The van der Waals surface area contributed by atoms with Crippen LogP contribution in [0.4, 0.5) is 5.82 Å². The summed E-state index contributed by atoms with van der Waals surface area (Å²) in [5, 5.41) is 22.9. The van der Waals surface area contributed by atoms with E-state index in [1.807, 2.05) is 13.1 Å². The summed E-state index contributed by atoms with van der Waals surface area (Å²) in [5.41, 5.74) is 0.769. The fraction of sp³-hybridized carbons (Fsp3) is 0.429. The molecule has 0 radical (unpaired) electrons. The molecule has 1 aliphatic rings. The number of nitrogens with zero attached hydrogens (tertiary/aromatic N) is 6. The lowest BCUT2D eigenvalue weighted by atomic mass is 9.88. The molecule has 0 amide bonds. The van der Waals surface area contributed by atoms with Crippen LogP contribution < -0.4 is 4.90 Å². The van der Waals surface area contributed by atoms with Gasteiger partial charge < -0.3 is 10.0 Å². The lowest BCUT2D eigenvalue weighted by Crippen LogP contribution is -2.44. The number of nitrogens with one attached hydrogen (secondary N) is 1. The number of aryl methyl sites for hydroxylation is 1. The van der Waals surface area contributed by atoms with Crippen LogP contribution in [-0.4, -0.2) is 48.1 Å². The van der Waals surface area contributed by atoms with Crippen molar-refractivity contribution >= 4 is 16.9 Å². The minimum absolute atomic E-state index is 0.635. The van der Waals surface area contributed by atoms with Gasteiger partial charge in [-0.25, -0.2) is 9.97 Å². The molecule has 8 nitrogen and oxygen atoms in total. The Morgan fingerprint density at radius 2 is 2.09 bits per heavy atom. The van der Waals surface area contributed by atoms with Crippen molar-refractivity contribution < 1.29 is 5.11 Å². The largest absolute Gasteiger partial charge is 0.383 e. The Kier molecular flexibility index (Phi) is 2.86. The van der Waals surface area contributed by atoms with Crippen molar-refractivity contribution in [3.63, 3.8) is 0 Å². The van der Waals surface area contributed by atoms with Gasteiger partial charge in [-0.15, -0.1) is 0 Å². The molecule has 0 aromatic carbocycles. The second-order valence-corrected chi connectivity index (χ2v) is 5.69. The lowest BCUT2D eigenvalue weighted by molar-refractivity contribution is 0.00407. The highest BCUT2D eigenvalue weighted by molar-refractivity contribution is 5.86. The third-order valence-corrected chi connectivity index (χ3v) is 4.41. The van der Waals surface area contributed by atoms with Gasteiger partial charge >= 0.3 is 0 Å². The summed E-state index contributed by atoms with van der Waals surface area (Å²) in [6.45, 7) is 1.44. The van der Waals surface area contributed by atoms with Gasteiger partial charge in [-0.2, -0.15) is 10.2 Å². The van der Waals surface area contributed by atoms with Crippen molar-refractivity contribution in [2.75, 3.05) is 18.0 Å². The third-order valence-electron chi connectivity index (χ3n) is 4.41. The Balaban J connectivity index is 1.60. The molecule has 114 valence electrons. The van der Waals surface area contributed by atoms with E-state index in [-0.39, 0.29) is 0 Å². The smallest absolute Gasteiger partial charge is 0.160 e. The topological polar surface area (TPSA) is 95.7 Å². The Bertz CT molecular complexity index is 800. The minimum atomic E-state index is -0.829. The quantitative estimate of drug-likeness (QED) is 0.718. The Hall–Kier alpha value is -2.48. The van der Waals surface area contributed by atoms with Gasteiger partial charge in [0.25, 0.3) is 0 Å². The predicted octanol–water partition coefficient (Wildman–Crippen LogP) is 0.574. The average molecular weight is 299 g/mol. The summed E-state index contributed by atoms with van der Waals surface area (Å²) in [6, 6.07) is 1.88. The summed E-state index contributed by atoms with van der Waals surface area (Å²) < 4.78 is 1.74. The first-order chi connectivity index (χ1) is 10.7. The molecule has 3 aromatic rings. The number of piperidine rings is 1. The van der Waals surface area contributed by atoms with E-state index in [9.17, 15) is 5.11 Å². The molecule has 1 aliphatic heterocycles. The third kappa shape index (κ3) is 1.95. The molecule has 2 N–H and O–H groups in total. The zero-order valence-electron chi connectivity index (χ0n) is 12.3. The van der Waals surface area contributed by atoms with Gasteiger partial charge in [0.15, 0.2) is 5.65 Å². The van der Waals surface area contributed by atoms with Crippen LogP contribution >= 0.6 is 0 Å². The van der Waals surface area contributed by atoms with Crippen LogP contribution in [0.2, 0.25) is 0 Å². The maximum Gasteiger partial charge on any atom is 0.160 e. The molecule has 0 saturated carbocycles. The zero-order chi connectivity index (χ0) is 15.2. The molecule has 1 fully saturated rings. The monoisotopic (exact) mass is 299 g/mol. The summed E-state index contributed by atoms with van der Waals surface area (Å²) in [4.78, 5) is 10.7. The van der Waals surface area contributed by atoms with Crippen LogP contribution in [0.5, 0.6) is 0 Å². The van der Waals surface area contributed by atoms with Gasteiger partial charge in [-0.3, -0.25) is 9.78 Å². The average Bonchev–Trinajstić information content (AvgIpc) is 3.16. The van der Waals surface area contributed by atoms with E-state index in [4.69, 9.17) is 0 Å². The Labute approximate surface area is 126 Å². The normalized spacial score (nSPS) is 18.0. The summed E-state index contributed by atoms with van der Waals surface area (Å²) >= 11 is 0. The minimum Gasteiger partial charge on any atom is -0.383 e. The van der Waals surface area contributed by atoms with Gasteiger partial charge in [-0.05, 0) is 18.9 Å². The second-order valence-electron chi connectivity index (χ2n) is 5.69. The molecule has 0 bridgehead atoms. The number of fused-ring (bicyclic) bond motifs is 1. The summed E-state index contributed by atoms with van der Waals surface area (Å²) in [5.74, 6) is 0.866. The number of hydrogen-bond acceptors (Lipinski definition) is 6. The van der Waals surface area contributed by atoms with Gasteiger partial charge in [0.05, 0.1) is 17.3 Å². The molecular formula is C14H17N7O. The molecular weight excluding hydrogens is 282 g/mol. The van der Waals surface area contributed by atoms with Crippen molar-refractivity contribution in [1.82, 2.24) is 29.9 Å². The Morgan fingerprint density at radius 3 is 2.82 bits per heavy atom. The highest BCUT2D eigenvalue weighted by Gasteiger charge is 2.36. The molecule has 22 heavy (non-hydrogen) atoms. The first kappa shape index (κ1) is 13.2. The van der Waals surface area contributed by atoms with E-state index >= 15 is 0 Å². The molecule has 0 aliphatic carbocycles. The predicted molar refractivity (Wildman–Crippen MR) is 80.2 cm³/mol. The molecule has 4 heterocycles. The van der Waals surface area contributed by atoms with Crippen LogP contribution in [0.15, 0.2) is 24.8 Å². The number of aliphatic hydroxyl groups is 1. The van der Waals surface area contributed by atoms with Gasteiger partial charge in [-0.1, -0.05) is 0 Å². The molecule has 4 rings (SSSR count). The Morgan fingerprint density at radius 1 is 1.27 bits per heavy atom. The van der Waals surface area contributed by atoms with E-state index in [1.165, 1.54) is 6.33 Å². The maximum absolute atomic E-state index is 10.9. The van der Waals surface area contributed by atoms with Crippen LogP contribution in [0.25, 0.3) is 11.0 Å². The number of aromatic nitrogens is 6. The first-order valence-corrected chi connectivity index (χ1v) is 7.27. The highest BCUT2D eigenvalue weighted by atomic mass is 16.3. The second kappa shape index (κ2) is 4.77. The van der Waals surface area contributed by atoms with Gasteiger partial charge in [0.1, 0.15) is 17.7 Å². The fourth-order valence-electron chi connectivity index (χ4n) is 3.18. The van der Waals surface area contributed by atoms with E-state index in [1.54, 1.807) is 17.1 Å². The van der Waals surface area contributed by atoms with Crippen molar-refractivity contribution in [3.05, 3.63) is 30.5 Å². The first-order valence-electron chi connectivity index (χ1n) is 7.27. The van der Waals surface area contributed by atoms with Crippen molar-refractivity contribution in [3.8, 4) is 0 Å². The SMILES string of the molecule is Cn1nccc1C1(O)CCN(c2ncnc3[nH]ncc23)CC1. The number of aromatic amines is 1. The highest BCUT2D eigenvalue weighted by Crippen LogP contribution is 2.34. The molecule has 0 atom stereocenters. The lowest BCUT2D eigenvalue weighted by Gasteiger charge is -2.38. The van der Waals surface area contributed by atoms with Crippen molar-refractivity contribution in [2.45, 2.75) is 18.4 Å². The van der Waals surface area contributed by atoms with Crippen LogP contribution in [0.1, 0.15) is 18.5 Å². The van der Waals surface area contributed by atoms with Crippen LogP contribution in [-0.2, 0) is 12.6 Å². The number of hydrogen-bond donors (Lipinski definition) is 2. The molecule has 0 unspecified atom stereocenters. The maximum atomic E-state index is 10.9. The van der Waals surface area contributed by atoms with Gasteiger partial charge in [0.2, 0.25) is 0 Å². The molecule has 8 heteroatoms. The van der Waals surface area contributed by atoms with E-state index in [0.717, 1.165) is 35.6 Å². The van der Waals surface area contributed by atoms with E-state index in [0.29, 0.717) is 12.8 Å². The van der Waals surface area contributed by atoms with Crippen molar-refractivity contribution in [2.24, 2.45) is 7.05 Å².